The third-order valence-corrected chi connectivity index (χ3v) is 3.80. The smallest absolute Gasteiger partial charge is 0.214 e. The van der Waals surface area contributed by atoms with E-state index >= 15 is 0 Å². The maximum atomic E-state index is 12.9. The first-order valence-electron chi connectivity index (χ1n) is 6.09. The van der Waals surface area contributed by atoms with Crippen molar-refractivity contribution in [3.05, 3.63) is 24.1 Å². The van der Waals surface area contributed by atoms with Crippen molar-refractivity contribution in [1.82, 2.24) is 4.98 Å². The summed E-state index contributed by atoms with van der Waals surface area (Å²) in [5.41, 5.74) is 0. The van der Waals surface area contributed by atoms with Crippen LogP contribution in [0.25, 0.3) is 0 Å². The maximum absolute atomic E-state index is 12.9. The minimum Gasteiger partial charge on any atom is -0.367 e. The van der Waals surface area contributed by atoms with E-state index in [0.717, 1.165) is 12.3 Å². The summed E-state index contributed by atoms with van der Waals surface area (Å²) in [6, 6.07) is 5.34. The summed E-state index contributed by atoms with van der Waals surface area (Å²) in [7, 11) is 0. The van der Waals surface area contributed by atoms with Gasteiger partial charge in [-0.1, -0.05) is 26.3 Å². The second-order valence-corrected chi connectivity index (χ2v) is 4.70. The molecule has 2 nitrogen and oxygen atoms in total. The van der Waals surface area contributed by atoms with Gasteiger partial charge in [0, 0.05) is 6.04 Å². The van der Waals surface area contributed by atoms with E-state index in [1.54, 1.807) is 6.07 Å². The summed E-state index contributed by atoms with van der Waals surface area (Å²) >= 11 is 0. The van der Waals surface area contributed by atoms with Gasteiger partial charge in [-0.3, -0.25) is 0 Å². The van der Waals surface area contributed by atoms with Gasteiger partial charge in [0.1, 0.15) is 5.82 Å². The molecule has 0 radical (unpaired) electrons. The number of nitrogens with zero attached hydrogens (tertiary/aromatic N) is 1. The number of hydrogen-bond acceptors (Lipinski definition) is 2. The number of pyridine rings is 1. The van der Waals surface area contributed by atoms with Crippen molar-refractivity contribution >= 4 is 5.82 Å². The van der Waals surface area contributed by atoms with Gasteiger partial charge in [0.15, 0.2) is 0 Å². The van der Waals surface area contributed by atoms with Gasteiger partial charge in [-0.2, -0.15) is 4.39 Å². The molecule has 0 amide bonds. The first-order valence-corrected chi connectivity index (χ1v) is 6.09. The van der Waals surface area contributed by atoms with Gasteiger partial charge in [-0.25, -0.2) is 4.98 Å². The normalized spacial score (nSPS) is 29.3. The average Bonchev–Trinajstić information content (AvgIpc) is 2.60. The molecule has 0 bridgehead atoms. The van der Waals surface area contributed by atoms with Crippen LogP contribution in [0.3, 0.4) is 0 Å². The number of anilines is 1. The summed E-state index contributed by atoms with van der Waals surface area (Å²) < 4.78 is 12.9. The Morgan fingerprint density at radius 1 is 1.44 bits per heavy atom. The van der Waals surface area contributed by atoms with E-state index in [1.807, 2.05) is 6.07 Å². The predicted octanol–water partition coefficient (Wildman–Crippen LogP) is 3.46. The Morgan fingerprint density at radius 2 is 2.25 bits per heavy atom. The van der Waals surface area contributed by atoms with Gasteiger partial charge in [0.25, 0.3) is 0 Å². The molecule has 1 aliphatic carbocycles. The molecule has 1 aromatic heterocycles. The SMILES string of the molecule is CCC1CCC(Nc2cccc(F)n2)C1C. The number of nitrogens with one attached hydrogen (secondary N) is 1. The Kier molecular flexibility index (Phi) is 3.42. The Bertz CT molecular complexity index is 354. The highest BCUT2D eigenvalue weighted by atomic mass is 19.1. The molecule has 0 saturated heterocycles. The van der Waals surface area contributed by atoms with E-state index in [2.05, 4.69) is 24.1 Å². The summed E-state index contributed by atoms with van der Waals surface area (Å²) in [5.74, 6) is 1.69. The van der Waals surface area contributed by atoms with Crippen LogP contribution in [0, 0.1) is 17.8 Å². The van der Waals surface area contributed by atoms with Crippen molar-refractivity contribution in [2.45, 2.75) is 39.2 Å². The molecule has 88 valence electrons. The van der Waals surface area contributed by atoms with E-state index < -0.39 is 5.95 Å². The van der Waals surface area contributed by atoms with Gasteiger partial charge in [-0.15, -0.1) is 0 Å². The van der Waals surface area contributed by atoms with Crippen LogP contribution in [0.2, 0.25) is 0 Å². The largest absolute Gasteiger partial charge is 0.367 e. The molecule has 2 rings (SSSR count). The fourth-order valence-corrected chi connectivity index (χ4v) is 2.71. The van der Waals surface area contributed by atoms with Gasteiger partial charge in [-0.05, 0) is 36.8 Å². The lowest BCUT2D eigenvalue weighted by molar-refractivity contribution is 0.391. The van der Waals surface area contributed by atoms with Gasteiger partial charge < -0.3 is 5.32 Å². The predicted molar refractivity (Wildman–Crippen MR) is 63.8 cm³/mol. The molecule has 1 aromatic rings. The monoisotopic (exact) mass is 222 g/mol. The van der Waals surface area contributed by atoms with E-state index in [1.165, 1.54) is 18.9 Å². The minimum atomic E-state index is -0.414. The molecular formula is C13H19FN2. The van der Waals surface area contributed by atoms with Gasteiger partial charge >= 0.3 is 0 Å². The number of hydrogen-bond donors (Lipinski definition) is 1. The molecule has 0 aliphatic heterocycles. The highest BCUT2D eigenvalue weighted by molar-refractivity contribution is 5.35. The summed E-state index contributed by atoms with van der Waals surface area (Å²) in [6.07, 6.45) is 3.67. The molecular weight excluding hydrogens is 203 g/mol. The standard InChI is InChI=1S/C13H19FN2/c1-3-10-7-8-11(9(10)2)15-13-6-4-5-12(14)16-13/h4-6,9-11H,3,7-8H2,1-2H3,(H,15,16). The molecule has 0 aromatic carbocycles. The lowest BCUT2D eigenvalue weighted by atomic mass is 9.93. The zero-order valence-electron chi connectivity index (χ0n) is 9.91. The van der Waals surface area contributed by atoms with Crippen LogP contribution in [0.1, 0.15) is 33.1 Å². The van der Waals surface area contributed by atoms with Crippen molar-refractivity contribution in [3.8, 4) is 0 Å². The summed E-state index contributed by atoms with van der Waals surface area (Å²) in [5, 5.41) is 3.34. The van der Waals surface area contributed by atoms with Crippen molar-refractivity contribution in [2.75, 3.05) is 5.32 Å². The molecule has 1 heterocycles. The third-order valence-electron chi connectivity index (χ3n) is 3.80. The Morgan fingerprint density at radius 3 is 2.88 bits per heavy atom. The molecule has 0 spiro atoms. The quantitative estimate of drug-likeness (QED) is 0.792. The highest BCUT2D eigenvalue weighted by Gasteiger charge is 2.31. The van der Waals surface area contributed by atoms with Crippen LogP contribution in [-0.2, 0) is 0 Å². The molecule has 1 saturated carbocycles. The zero-order valence-corrected chi connectivity index (χ0v) is 9.91. The first-order chi connectivity index (χ1) is 7.70. The van der Waals surface area contributed by atoms with Crippen molar-refractivity contribution in [1.29, 1.82) is 0 Å². The number of halogens is 1. The van der Waals surface area contributed by atoms with Crippen molar-refractivity contribution < 1.29 is 4.39 Å². The molecule has 3 unspecified atom stereocenters. The van der Waals surface area contributed by atoms with Crippen LogP contribution in [0.5, 0.6) is 0 Å². The second kappa shape index (κ2) is 4.81. The number of aromatic nitrogens is 1. The zero-order chi connectivity index (χ0) is 11.5. The summed E-state index contributed by atoms with van der Waals surface area (Å²) in [6.45, 7) is 4.52. The van der Waals surface area contributed by atoms with Crippen LogP contribution in [0.4, 0.5) is 10.2 Å². The van der Waals surface area contributed by atoms with Crippen LogP contribution >= 0.6 is 0 Å². The first kappa shape index (κ1) is 11.4. The fraction of sp³-hybridized carbons (Fsp3) is 0.615. The Balaban J connectivity index is 2.00. The van der Waals surface area contributed by atoms with E-state index in [0.29, 0.717) is 17.8 Å². The van der Waals surface area contributed by atoms with Crippen molar-refractivity contribution in [2.24, 2.45) is 11.8 Å². The Hall–Kier alpha value is -1.12. The lowest BCUT2D eigenvalue weighted by Gasteiger charge is -2.21. The lowest BCUT2D eigenvalue weighted by Crippen LogP contribution is -2.25. The maximum Gasteiger partial charge on any atom is 0.214 e. The van der Waals surface area contributed by atoms with Crippen LogP contribution in [0.15, 0.2) is 18.2 Å². The van der Waals surface area contributed by atoms with Crippen molar-refractivity contribution in [3.63, 3.8) is 0 Å². The second-order valence-electron chi connectivity index (χ2n) is 4.70. The van der Waals surface area contributed by atoms with E-state index in [9.17, 15) is 4.39 Å². The number of rotatable bonds is 3. The fourth-order valence-electron chi connectivity index (χ4n) is 2.71. The molecule has 3 heteroatoms. The summed E-state index contributed by atoms with van der Waals surface area (Å²) in [4.78, 5) is 3.84. The highest BCUT2D eigenvalue weighted by Crippen LogP contribution is 2.35. The average molecular weight is 222 g/mol. The molecule has 16 heavy (non-hydrogen) atoms. The van der Waals surface area contributed by atoms with Gasteiger partial charge in [0.05, 0.1) is 0 Å². The van der Waals surface area contributed by atoms with E-state index in [4.69, 9.17) is 0 Å². The molecule has 3 atom stereocenters. The molecule has 1 N–H and O–H groups in total. The topological polar surface area (TPSA) is 24.9 Å². The Labute approximate surface area is 96.3 Å². The molecule has 1 aliphatic rings. The van der Waals surface area contributed by atoms with Gasteiger partial charge in [0.2, 0.25) is 5.95 Å². The third kappa shape index (κ3) is 2.34. The molecule has 1 fully saturated rings. The van der Waals surface area contributed by atoms with E-state index in [-0.39, 0.29) is 0 Å². The van der Waals surface area contributed by atoms with Crippen LogP contribution < -0.4 is 5.32 Å². The minimum absolute atomic E-state index is 0.414. The van der Waals surface area contributed by atoms with Crippen LogP contribution in [-0.4, -0.2) is 11.0 Å².